The second kappa shape index (κ2) is 23.3. The number of rotatable bonds is 22. The molecule has 0 aliphatic carbocycles. The zero-order chi connectivity index (χ0) is 44.5. The number of benzene rings is 4. The number of halogens is 4. The van der Waals surface area contributed by atoms with E-state index in [4.69, 9.17) is 29.2 Å². The van der Waals surface area contributed by atoms with Crippen molar-refractivity contribution < 1.29 is 76.1 Å². The number of carboxylic acids is 4. The van der Waals surface area contributed by atoms with Crippen LogP contribution in [0.2, 0.25) is 0 Å². The standard InChI is InChI=1S/2C22H24F2O6/c2*1-29-19-6-3-13(11-17(19)23)9-15(5-8-21(25)26)16(22(27)28)10-14-4-7-20(30-2)18(24)12-14/h2*3-4,6-7,11-12,15-16H,5,8-10H2,1-2H3,(H,25,26)(H,27,28)/t2*15-,16-/m10/s1. The maximum absolute atomic E-state index is 14.0. The van der Waals surface area contributed by atoms with Crippen LogP contribution in [-0.4, -0.2) is 72.7 Å². The van der Waals surface area contributed by atoms with Crippen LogP contribution in [0, 0.1) is 46.9 Å². The van der Waals surface area contributed by atoms with Gasteiger partial charge in [0.1, 0.15) is 0 Å². The average molecular weight is 845 g/mol. The first-order chi connectivity index (χ1) is 28.5. The Hall–Kier alpha value is -6.32. The Morgan fingerprint density at radius 2 is 0.700 bits per heavy atom. The lowest BCUT2D eigenvalue weighted by Crippen LogP contribution is -2.28. The summed E-state index contributed by atoms with van der Waals surface area (Å²) in [6, 6.07) is 17.0. The van der Waals surface area contributed by atoms with Gasteiger partial charge < -0.3 is 39.4 Å². The monoisotopic (exact) mass is 844 g/mol. The average Bonchev–Trinajstić information content (AvgIpc) is 3.19. The number of carboxylic acid groups (broad SMARTS) is 4. The summed E-state index contributed by atoms with van der Waals surface area (Å²) in [5, 5.41) is 37.7. The van der Waals surface area contributed by atoms with Crippen LogP contribution in [0.3, 0.4) is 0 Å². The molecule has 4 aromatic rings. The molecule has 4 aromatic carbocycles. The van der Waals surface area contributed by atoms with Crippen molar-refractivity contribution in [1.82, 2.24) is 0 Å². The van der Waals surface area contributed by atoms with E-state index in [-0.39, 0.29) is 74.4 Å². The van der Waals surface area contributed by atoms with Crippen LogP contribution in [0.4, 0.5) is 17.6 Å². The first-order valence-electron chi connectivity index (χ1n) is 18.7. The molecule has 0 aliphatic heterocycles. The fraction of sp³-hybridized carbons (Fsp3) is 0.364. The smallest absolute Gasteiger partial charge is 0.307 e. The SMILES string of the molecule is COc1ccc(C[C@@H](CCC(=O)O)[C@@H](Cc2ccc(OC)c(F)c2)C(=O)O)cc1F.COc1ccc(C[C@H](CCC(=O)O)[C@H](Cc2ccc(OC)c(F)c2)C(=O)O)cc1F. The van der Waals surface area contributed by atoms with E-state index in [1.807, 2.05) is 0 Å². The summed E-state index contributed by atoms with van der Waals surface area (Å²) in [7, 11) is 5.33. The number of ether oxygens (including phenoxy) is 4. The van der Waals surface area contributed by atoms with Gasteiger partial charge in [0.05, 0.1) is 40.3 Å². The summed E-state index contributed by atoms with van der Waals surface area (Å²) < 4.78 is 75.6. The van der Waals surface area contributed by atoms with Gasteiger partial charge in [0, 0.05) is 12.8 Å². The summed E-state index contributed by atoms with van der Waals surface area (Å²) in [4.78, 5) is 46.1. The van der Waals surface area contributed by atoms with Crippen LogP contribution in [-0.2, 0) is 44.9 Å². The molecule has 16 heteroatoms. The van der Waals surface area contributed by atoms with Crippen LogP contribution in [0.15, 0.2) is 72.8 Å². The zero-order valence-electron chi connectivity index (χ0n) is 33.5. The molecule has 324 valence electrons. The normalized spacial score (nSPS) is 12.8. The van der Waals surface area contributed by atoms with E-state index in [0.29, 0.717) is 22.3 Å². The maximum atomic E-state index is 14.0. The van der Waals surface area contributed by atoms with Crippen LogP contribution in [0.1, 0.15) is 47.9 Å². The van der Waals surface area contributed by atoms with Crippen molar-refractivity contribution in [2.75, 3.05) is 28.4 Å². The number of aliphatic carboxylic acids is 4. The molecule has 0 spiro atoms. The highest BCUT2D eigenvalue weighted by Crippen LogP contribution is 2.31. The fourth-order valence-corrected chi connectivity index (χ4v) is 6.88. The van der Waals surface area contributed by atoms with Crippen LogP contribution >= 0.6 is 0 Å². The Bertz CT molecular complexity index is 1950. The van der Waals surface area contributed by atoms with Gasteiger partial charge in [0.25, 0.3) is 0 Å². The fourth-order valence-electron chi connectivity index (χ4n) is 6.88. The molecule has 4 N–H and O–H groups in total. The molecule has 0 heterocycles. The molecular weight excluding hydrogens is 796 g/mol. The van der Waals surface area contributed by atoms with Gasteiger partial charge >= 0.3 is 23.9 Å². The number of carbonyl (C=O) groups is 4. The number of hydrogen-bond acceptors (Lipinski definition) is 8. The molecule has 0 aromatic heterocycles. The molecule has 60 heavy (non-hydrogen) atoms. The maximum Gasteiger partial charge on any atom is 0.307 e. The van der Waals surface area contributed by atoms with Gasteiger partial charge in [0.15, 0.2) is 46.3 Å². The molecule has 0 aliphatic rings. The first-order valence-corrected chi connectivity index (χ1v) is 18.7. The Balaban J connectivity index is 0.000000320. The minimum Gasteiger partial charge on any atom is -0.494 e. The summed E-state index contributed by atoms with van der Waals surface area (Å²) in [6.07, 6.45) is 0.0111. The van der Waals surface area contributed by atoms with Gasteiger partial charge in [-0.25, -0.2) is 17.6 Å². The quantitative estimate of drug-likeness (QED) is 0.0562. The van der Waals surface area contributed by atoms with E-state index in [0.717, 1.165) is 0 Å². The van der Waals surface area contributed by atoms with Crippen molar-refractivity contribution in [1.29, 1.82) is 0 Å². The van der Waals surface area contributed by atoms with Gasteiger partial charge in [-0.05, 0) is 121 Å². The van der Waals surface area contributed by atoms with E-state index in [1.54, 1.807) is 24.3 Å². The van der Waals surface area contributed by atoms with Gasteiger partial charge in [-0.1, -0.05) is 24.3 Å². The molecule has 0 saturated heterocycles. The van der Waals surface area contributed by atoms with E-state index in [1.165, 1.54) is 77.0 Å². The van der Waals surface area contributed by atoms with Crippen molar-refractivity contribution in [3.05, 3.63) is 118 Å². The third-order valence-corrected chi connectivity index (χ3v) is 10.0. The molecule has 4 rings (SSSR count). The third kappa shape index (κ3) is 14.5. The Kier molecular flexibility index (Phi) is 18.7. The van der Waals surface area contributed by atoms with E-state index >= 15 is 0 Å². The van der Waals surface area contributed by atoms with Gasteiger partial charge in [-0.2, -0.15) is 0 Å². The molecule has 0 saturated carbocycles. The Labute approximate surface area is 344 Å². The van der Waals surface area contributed by atoms with E-state index in [2.05, 4.69) is 0 Å². The second-order valence-corrected chi connectivity index (χ2v) is 14.0. The summed E-state index contributed by atoms with van der Waals surface area (Å²) >= 11 is 0. The lowest BCUT2D eigenvalue weighted by atomic mass is 9.80. The molecule has 0 bridgehead atoms. The van der Waals surface area contributed by atoms with Crippen LogP contribution < -0.4 is 18.9 Å². The van der Waals surface area contributed by atoms with Crippen LogP contribution in [0.5, 0.6) is 23.0 Å². The second-order valence-electron chi connectivity index (χ2n) is 14.0. The van der Waals surface area contributed by atoms with Crippen molar-refractivity contribution in [3.63, 3.8) is 0 Å². The predicted octanol–water partition coefficient (Wildman–Crippen LogP) is 7.90. The molecule has 0 unspecified atom stereocenters. The van der Waals surface area contributed by atoms with E-state index in [9.17, 15) is 47.0 Å². The third-order valence-electron chi connectivity index (χ3n) is 10.0. The minimum atomic E-state index is -1.13. The molecule has 4 atom stereocenters. The molecule has 0 amide bonds. The highest BCUT2D eigenvalue weighted by molar-refractivity contribution is 5.72. The molecule has 12 nitrogen and oxygen atoms in total. The minimum absolute atomic E-state index is 0.000823. The predicted molar refractivity (Wildman–Crippen MR) is 210 cm³/mol. The Morgan fingerprint density at radius 3 is 0.900 bits per heavy atom. The van der Waals surface area contributed by atoms with Crippen molar-refractivity contribution >= 4 is 23.9 Å². The number of hydrogen-bond donors (Lipinski definition) is 4. The number of methoxy groups -OCH3 is 4. The van der Waals surface area contributed by atoms with Crippen LogP contribution in [0.25, 0.3) is 0 Å². The van der Waals surface area contributed by atoms with Gasteiger partial charge in [-0.3, -0.25) is 19.2 Å². The zero-order valence-corrected chi connectivity index (χ0v) is 33.5. The van der Waals surface area contributed by atoms with Gasteiger partial charge in [0.2, 0.25) is 0 Å². The summed E-state index contributed by atoms with van der Waals surface area (Å²) in [5.41, 5.74) is 1.94. The lowest BCUT2D eigenvalue weighted by Gasteiger charge is -2.24. The molecular formula is C44H48F4O12. The summed E-state index contributed by atoms with van der Waals surface area (Å²) in [5.74, 6) is -9.73. The topological polar surface area (TPSA) is 186 Å². The lowest BCUT2D eigenvalue weighted by molar-refractivity contribution is -0.145. The van der Waals surface area contributed by atoms with Crippen molar-refractivity contribution in [2.45, 2.75) is 51.4 Å². The van der Waals surface area contributed by atoms with Gasteiger partial charge in [-0.15, -0.1) is 0 Å². The highest BCUT2D eigenvalue weighted by atomic mass is 19.1. The summed E-state index contributed by atoms with van der Waals surface area (Å²) in [6.45, 7) is 0. The first kappa shape index (κ1) is 48.1. The van der Waals surface area contributed by atoms with Crippen molar-refractivity contribution in [2.24, 2.45) is 23.7 Å². The van der Waals surface area contributed by atoms with E-state index < -0.39 is 70.8 Å². The molecule has 0 radical (unpaired) electrons. The largest absolute Gasteiger partial charge is 0.494 e. The van der Waals surface area contributed by atoms with Crippen molar-refractivity contribution in [3.8, 4) is 23.0 Å². The Morgan fingerprint density at radius 1 is 0.450 bits per heavy atom. The molecule has 0 fully saturated rings. The highest BCUT2D eigenvalue weighted by Gasteiger charge is 2.31.